The van der Waals surface area contributed by atoms with Crippen LogP contribution < -0.4 is 10.1 Å². The Morgan fingerprint density at radius 3 is 2.33 bits per heavy atom. The third-order valence-corrected chi connectivity index (χ3v) is 3.39. The molecular weight excluding hydrogens is 360 g/mol. The van der Waals surface area contributed by atoms with Gasteiger partial charge >= 0.3 is 5.97 Å². The summed E-state index contributed by atoms with van der Waals surface area (Å²) in [5.41, 5.74) is -0.0705. The van der Waals surface area contributed by atoms with E-state index >= 15 is 0 Å². The Morgan fingerprint density at radius 2 is 1.74 bits per heavy atom. The Bertz CT molecular complexity index is 852. The van der Waals surface area contributed by atoms with E-state index in [1.165, 1.54) is 50.2 Å². The minimum Gasteiger partial charge on any atom is -0.479 e. The van der Waals surface area contributed by atoms with Gasteiger partial charge in [-0.2, -0.15) is 0 Å². The molecule has 8 heteroatoms. The molecule has 1 N–H and O–H groups in total. The molecule has 0 heterocycles. The van der Waals surface area contributed by atoms with Gasteiger partial charge in [0.05, 0.1) is 5.56 Å². The molecule has 1 amide bonds. The predicted octanol–water partition coefficient (Wildman–Crippen LogP) is 3.12. The molecule has 0 aliphatic heterocycles. The van der Waals surface area contributed by atoms with E-state index in [-0.39, 0.29) is 22.9 Å². The van der Waals surface area contributed by atoms with Crippen LogP contribution in [0.15, 0.2) is 42.5 Å². The molecule has 0 saturated carbocycles. The highest BCUT2D eigenvalue weighted by Crippen LogP contribution is 2.16. The van der Waals surface area contributed by atoms with Crippen molar-refractivity contribution in [3.05, 3.63) is 59.7 Å². The summed E-state index contributed by atoms with van der Waals surface area (Å²) in [5.74, 6) is -3.00. The van der Waals surface area contributed by atoms with Gasteiger partial charge < -0.3 is 14.8 Å². The Labute approximate surface area is 154 Å². The van der Waals surface area contributed by atoms with Gasteiger partial charge in [-0.3, -0.25) is 9.59 Å². The van der Waals surface area contributed by atoms with Crippen LogP contribution in [-0.2, 0) is 14.3 Å². The Balaban J connectivity index is 1.91. The van der Waals surface area contributed by atoms with Crippen LogP contribution in [0.2, 0.25) is 0 Å². The molecule has 2 aromatic carbocycles. The number of nitrogens with one attached hydrogen (secondary N) is 1. The highest BCUT2D eigenvalue weighted by atomic mass is 19.1. The van der Waals surface area contributed by atoms with Crippen LogP contribution in [0.3, 0.4) is 0 Å². The van der Waals surface area contributed by atoms with Crippen molar-refractivity contribution in [3.63, 3.8) is 0 Å². The number of halogens is 2. The first-order valence-electron chi connectivity index (χ1n) is 7.95. The zero-order valence-corrected chi connectivity index (χ0v) is 14.6. The van der Waals surface area contributed by atoms with Crippen LogP contribution in [-0.4, -0.2) is 30.4 Å². The molecule has 0 saturated heterocycles. The van der Waals surface area contributed by atoms with Crippen molar-refractivity contribution >= 4 is 23.3 Å². The maximum atomic E-state index is 14.0. The van der Waals surface area contributed by atoms with Gasteiger partial charge in [0.1, 0.15) is 17.4 Å². The first-order valence-corrected chi connectivity index (χ1v) is 7.95. The summed E-state index contributed by atoms with van der Waals surface area (Å²) in [6.45, 7) is 2.00. The number of carbonyl (C=O) groups excluding carboxylic acids is 3. The minimum atomic E-state index is -1.05. The van der Waals surface area contributed by atoms with Gasteiger partial charge in [-0.1, -0.05) is 0 Å². The van der Waals surface area contributed by atoms with Crippen molar-refractivity contribution in [2.45, 2.75) is 20.0 Å². The van der Waals surface area contributed by atoms with Gasteiger partial charge in [-0.15, -0.1) is 0 Å². The highest BCUT2D eigenvalue weighted by molar-refractivity contribution is 5.99. The summed E-state index contributed by atoms with van der Waals surface area (Å²) in [5, 5.41) is 2.39. The molecule has 0 radical (unpaired) electrons. The fraction of sp³-hybridized carbons (Fsp3) is 0.211. The number of anilines is 1. The van der Waals surface area contributed by atoms with Crippen molar-refractivity contribution in [2.75, 3.05) is 11.9 Å². The number of carbonyl (C=O) groups is 3. The van der Waals surface area contributed by atoms with E-state index in [4.69, 9.17) is 9.47 Å². The maximum absolute atomic E-state index is 14.0. The summed E-state index contributed by atoms with van der Waals surface area (Å²) in [4.78, 5) is 34.9. The smallest absolute Gasteiger partial charge is 0.347 e. The zero-order valence-electron chi connectivity index (χ0n) is 14.6. The molecule has 142 valence electrons. The van der Waals surface area contributed by atoms with Gasteiger partial charge in [-0.25, -0.2) is 13.6 Å². The number of hydrogen-bond donors (Lipinski definition) is 1. The summed E-state index contributed by atoms with van der Waals surface area (Å²) < 4.78 is 36.9. The summed E-state index contributed by atoms with van der Waals surface area (Å²) in [6, 6.07) is 8.58. The van der Waals surface area contributed by atoms with Crippen LogP contribution in [0.5, 0.6) is 5.75 Å². The monoisotopic (exact) mass is 377 g/mol. The van der Waals surface area contributed by atoms with Gasteiger partial charge in [0.15, 0.2) is 12.7 Å². The second-order valence-corrected chi connectivity index (χ2v) is 5.62. The van der Waals surface area contributed by atoms with E-state index < -0.39 is 36.1 Å². The van der Waals surface area contributed by atoms with Crippen LogP contribution in [0, 0.1) is 11.6 Å². The minimum absolute atomic E-state index is 0.204. The lowest BCUT2D eigenvalue weighted by Crippen LogP contribution is -2.28. The van der Waals surface area contributed by atoms with E-state index in [0.717, 1.165) is 6.07 Å². The lowest BCUT2D eigenvalue weighted by atomic mass is 10.1. The maximum Gasteiger partial charge on any atom is 0.347 e. The molecule has 2 aromatic rings. The Kier molecular flexibility index (Phi) is 6.59. The molecular formula is C19H17F2NO5. The number of ether oxygens (including phenoxy) is 2. The molecule has 0 bridgehead atoms. The average molecular weight is 377 g/mol. The lowest BCUT2D eigenvalue weighted by molar-refractivity contribution is -0.149. The number of hydrogen-bond acceptors (Lipinski definition) is 5. The number of amides is 1. The SMILES string of the molecule is CC(=O)Nc1ccc(C(=O)COC(=O)[C@H](C)Oc2ccc(F)cc2)c(F)c1. The molecule has 0 spiro atoms. The van der Waals surface area contributed by atoms with E-state index in [0.29, 0.717) is 0 Å². The summed E-state index contributed by atoms with van der Waals surface area (Å²) in [7, 11) is 0. The first-order chi connectivity index (χ1) is 12.8. The molecule has 1 atom stereocenters. The standard InChI is InChI=1S/C19H17F2NO5/c1-11(27-15-6-3-13(20)4-7-15)19(25)26-10-18(24)16-8-5-14(9-17(16)21)22-12(2)23/h3-9,11H,10H2,1-2H3,(H,22,23)/t11-/m0/s1. The molecule has 2 rings (SSSR count). The van der Waals surface area contributed by atoms with Crippen LogP contribution in [0.25, 0.3) is 0 Å². The normalized spacial score (nSPS) is 11.4. The number of esters is 1. The molecule has 6 nitrogen and oxygen atoms in total. The average Bonchev–Trinajstić information content (AvgIpc) is 2.60. The van der Waals surface area contributed by atoms with Crippen molar-refractivity contribution < 1.29 is 32.6 Å². The van der Waals surface area contributed by atoms with Crippen LogP contribution in [0.4, 0.5) is 14.5 Å². The molecule has 0 aliphatic rings. The highest BCUT2D eigenvalue weighted by Gasteiger charge is 2.20. The fourth-order valence-corrected chi connectivity index (χ4v) is 2.12. The predicted molar refractivity (Wildman–Crippen MR) is 92.5 cm³/mol. The van der Waals surface area contributed by atoms with Crippen molar-refractivity contribution in [1.82, 2.24) is 0 Å². The molecule has 0 fully saturated rings. The van der Waals surface area contributed by atoms with Gasteiger partial charge in [0.25, 0.3) is 0 Å². The van der Waals surface area contributed by atoms with Crippen LogP contribution in [0.1, 0.15) is 24.2 Å². The van der Waals surface area contributed by atoms with Crippen LogP contribution >= 0.6 is 0 Å². The quantitative estimate of drug-likeness (QED) is 0.592. The van der Waals surface area contributed by atoms with Crippen molar-refractivity contribution in [1.29, 1.82) is 0 Å². The van der Waals surface area contributed by atoms with Gasteiger partial charge in [0.2, 0.25) is 11.7 Å². The number of benzene rings is 2. The lowest BCUT2D eigenvalue weighted by Gasteiger charge is -2.14. The first kappa shape index (κ1) is 20.0. The number of rotatable bonds is 7. The molecule has 0 aromatic heterocycles. The van der Waals surface area contributed by atoms with E-state index in [1.807, 2.05) is 0 Å². The summed E-state index contributed by atoms with van der Waals surface area (Å²) in [6.07, 6.45) is -1.05. The number of Topliss-reactive ketones (excluding diaryl/α,β-unsaturated/α-hetero) is 1. The third kappa shape index (κ3) is 5.88. The van der Waals surface area contributed by atoms with E-state index in [9.17, 15) is 23.2 Å². The molecule has 0 unspecified atom stereocenters. The van der Waals surface area contributed by atoms with Gasteiger partial charge in [0, 0.05) is 12.6 Å². The fourth-order valence-electron chi connectivity index (χ4n) is 2.12. The van der Waals surface area contributed by atoms with Crippen molar-refractivity contribution in [3.8, 4) is 5.75 Å². The second-order valence-electron chi connectivity index (χ2n) is 5.62. The van der Waals surface area contributed by atoms with E-state index in [2.05, 4.69) is 5.32 Å². The molecule has 27 heavy (non-hydrogen) atoms. The van der Waals surface area contributed by atoms with Gasteiger partial charge in [-0.05, 0) is 49.4 Å². The summed E-state index contributed by atoms with van der Waals surface area (Å²) >= 11 is 0. The van der Waals surface area contributed by atoms with E-state index in [1.54, 1.807) is 0 Å². The Morgan fingerprint density at radius 1 is 1.07 bits per heavy atom. The largest absolute Gasteiger partial charge is 0.479 e. The Hall–Kier alpha value is -3.29. The third-order valence-electron chi connectivity index (χ3n) is 3.39. The molecule has 0 aliphatic carbocycles. The second kappa shape index (κ2) is 8.88. The topological polar surface area (TPSA) is 81.7 Å². The zero-order chi connectivity index (χ0) is 20.0. The number of ketones is 1. The van der Waals surface area contributed by atoms with Crippen molar-refractivity contribution in [2.24, 2.45) is 0 Å².